The van der Waals surface area contributed by atoms with Gasteiger partial charge in [0, 0.05) is 24.1 Å². The van der Waals surface area contributed by atoms with Gasteiger partial charge < -0.3 is 9.84 Å². The third-order valence-corrected chi connectivity index (χ3v) is 3.88. The normalized spacial score (nSPS) is 36.2. The van der Waals surface area contributed by atoms with E-state index in [9.17, 15) is 9.50 Å². The van der Waals surface area contributed by atoms with Crippen LogP contribution in [0, 0.1) is 12.9 Å². The molecule has 2 saturated heterocycles. The SMILES string of the molecule is Cc1nc(F)ccc1C1(O)CC2CCC(C1)O2. The molecule has 2 unspecified atom stereocenters. The molecule has 3 nitrogen and oxygen atoms in total. The average Bonchev–Trinajstić information content (AvgIpc) is 2.58. The average molecular weight is 237 g/mol. The maximum Gasteiger partial charge on any atom is 0.213 e. The predicted octanol–water partition coefficient (Wildman–Crippen LogP) is 2.06. The summed E-state index contributed by atoms with van der Waals surface area (Å²) in [6.45, 7) is 1.74. The molecule has 1 N–H and O–H groups in total. The highest BCUT2D eigenvalue weighted by atomic mass is 19.1. The fourth-order valence-corrected chi connectivity index (χ4v) is 3.16. The van der Waals surface area contributed by atoms with Crippen LogP contribution in [-0.4, -0.2) is 22.3 Å². The summed E-state index contributed by atoms with van der Waals surface area (Å²) in [4.78, 5) is 3.80. The van der Waals surface area contributed by atoms with Gasteiger partial charge in [0.1, 0.15) is 0 Å². The largest absolute Gasteiger partial charge is 0.385 e. The third kappa shape index (κ3) is 1.85. The molecule has 3 heterocycles. The smallest absolute Gasteiger partial charge is 0.213 e. The number of pyridine rings is 1. The molecule has 2 aliphatic rings. The number of hydrogen-bond acceptors (Lipinski definition) is 3. The van der Waals surface area contributed by atoms with Gasteiger partial charge >= 0.3 is 0 Å². The molecule has 3 rings (SSSR count). The zero-order valence-corrected chi connectivity index (χ0v) is 9.82. The van der Waals surface area contributed by atoms with Crippen molar-refractivity contribution in [2.24, 2.45) is 0 Å². The number of rotatable bonds is 1. The van der Waals surface area contributed by atoms with Crippen molar-refractivity contribution in [2.75, 3.05) is 0 Å². The van der Waals surface area contributed by atoms with Crippen LogP contribution < -0.4 is 0 Å². The third-order valence-electron chi connectivity index (χ3n) is 3.88. The van der Waals surface area contributed by atoms with Gasteiger partial charge in [-0.25, -0.2) is 4.98 Å². The number of fused-ring (bicyclic) bond motifs is 2. The number of halogens is 1. The predicted molar refractivity (Wildman–Crippen MR) is 60.0 cm³/mol. The van der Waals surface area contributed by atoms with Gasteiger partial charge in [-0.15, -0.1) is 0 Å². The van der Waals surface area contributed by atoms with Crippen molar-refractivity contribution in [3.8, 4) is 0 Å². The van der Waals surface area contributed by atoms with Crippen LogP contribution in [0.1, 0.15) is 36.9 Å². The number of aliphatic hydroxyl groups is 1. The molecule has 17 heavy (non-hydrogen) atoms. The van der Waals surface area contributed by atoms with E-state index in [0.29, 0.717) is 18.5 Å². The minimum Gasteiger partial charge on any atom is -0.385 e. The molecule has 92 valence electrons. The van der Waals surface area contributed by atoms with Gasteiger partial charge in [0.15, 0.2) is 0 Å². The molecule has 2 aliphatic heterocycles. The van der Waals surface area contributed by atoms with Crippen molar-refractivity contribution < 1.29 is 14.2 Å². The fraction of sp³-hybridized carbons (Fsp3) is 0.615. The second-order valence-corrected chi connectivity index (χ2v) is 5.16. The van der Waals surface area contributed by atoms with Gasteiger partial charge in [-0.2, -0.15) is 4.39 Å². The van der Waals surface area contributed by atoms with E-state index < -0.39 is 11.5 Å². The van der Waals surface area contributed by atoms with Crippen LogP contribution in [0.5, 0.6) is 0 Å². The lowest BCUT2D eigenvalue weighted by Crippen LogP contribution is -2.39. The molecular weight excluding hydrogens is 221 g/mol. The quantitative estimate of drug-likeness (QED) is 0.760. The first-order valence-electron chi connectivity index (χ1n) is 6.08. The Balaban J connectivity index is 1.97. The molecule has 2 atom stereocenters. The van der Waals surface area contributed by atoms with E-state index in [1.807, 2.05) is 0 Å². The fourth-order valence-electron chi connectivity index (χ4n) is 3.16. The summed E-state index contributed by atoms with van der Waals surface area (Å²) in [6, 6.07) is 2.97. The van der Waals surface area contributed by atoms with E-state index in [2.05, 4.69) is 4.98 Å². The van der Waals surface area contributed by atoms with Gasteiger partial charge in [-0.3, -0.25) is 0 Å². The van der Waals surface area contributed by atoms with Crippen molar-refractivity contribution in [3.05, 3.63) is 29.3 Å². The Morgan fingerprint density at radius 3 is 2.59 bits per heavy atom. The van der Waals surface area contributed by atoms with E-state index >= 15 is 0 Å². The minimum absolute atomic E-state index is 0.142. The van der Waals surface area contributed by atoms with Crippen LogP contribution in [0.15, 0.2) is 12.1 Å². The first-order chi connectivity index (χ1) is 8.07. The van der Waals surface area contributed by atoms with Gasteiger partial charge in [0.2, 0.25) is 5.95 Å². The molecule has 0 aromatic carbocycles. The van der Waals surface area contributed by atoms with E-state index in [4.69, 9.17) is 4.74 Å². The van der Waals surface area contributed by atoms with Crippen molar-refractivity contribution in [3.63, 3.8) is 0 Å². The van der Waals surface area contributed by atoms with Crippen molar-refractivity contribution in [2.45, 2.75) is 50.4 Å². The van der Waals surface area contributed by atoms with E-state index in [1.165, 1.54) is 6.07 Å². The molecule has 2 bridgehead atoms. The van der Waals surface area contributed by atoms with E-state index in [0.717, 1.165) is 18.4 Å². The molecule has 0 radical (unpaired) electrons. The highest BCUT2D eigenvalue weighted by Gasteiger charge is 2.45. The first-order valence-corrected chi connectivity index (χ1v) is 6.08. The van der Waals surface area contributed by atoms with Crippen LogP contribution in [0.3, 0.4) is 0 Å². The van der Waals surface area contributed by atoms with E-state index in [-0.39, 0.29) is 12.2 Å². The van der Waals surface area contributed by atoms with Gasteiger partial charge in [-0.05, 0) is 31.9 Å². The monoisotopic (exact) mass is 237 g/mol. The molecule has 0 amide bonds. The summed E-state index contributed by atoms with van der Waals surface area (Å²) in [6.07, 6.45) is 3.50. The van der Waals surface area contributed by atoms with E-state index in [1.54, 1.807) is 13.0 Å². The van der Waals surface area contributed by atoms with Gasteiger partial charge in [-0.1, -0.05) is 0 Å². The van der Waals surface area contributed by atoms with Crippen LogP contribution in [0.4, 0.5) is 4.39 Å². The van der Waals surface area contributed by atoms with Crippen LogP contribution >= 0.6 is 0 Å². The molecular formula is C13H16FNO2. The molecule has 1 aromatic rings. The number of aryl methyl sites for hydroxylation is 1. The molecule has 0 saturated carbocycles. The summed E-state index contributed by atoms with van der Waals surface area (Å²) in [5, 5.41) is 10.8. The number of hydrogen-bond donors (Lipinski definition) is 1. The maximum atomic E-state index is 13.0. The van der Waals surface area contributed by atoms with Crippen LogP contribution in [0.2, 0.25) is 0 Å². The van der Waals surface area contributed by atoms with Crippen molar-refractivity contribution in [1.29, 1.82) is 0 Å². The Kier molecular flexibility index (Phi) is 2.45. The minimum atomic E-state index is -0.894. The summed E-state index contributed by atoms with van der Waals surface area (Å²) in [7, 11) is 0. The lowest BCUT2D eigenvalue weighted by Gasteiger charge is -2.37. The first kappa shape index (κ1) is 11.1. The number of ether oxygens (including phenoxy) is 1. The topological polar surface area (TPSA) is 42.4 Å². The summed E-state index contributed by atoms with van der Waals surface area (Å²) >= 11 is 0. The molecule has 4 heteroatoms. The second kappa shape index (κ2) is 3.75. The molecule has 0 spiro atoms. The highest BCUT2D eigenvalue weighted by Crippen LogP contribution is 2.44. The van der Waals surface area contributed by atoms with Crippen LogP contribution in [-0.2, 0) is 10.3 Å². The van der Waals surface area contributed by atoms with Crippen molar-refractivity contribution in [1.82, 2.24) is 4.98 Å². The Morgan fingerprint density at radius 2 is 2.00 bits per heavy atom. The Labute approximate surface area is 99.6 Å². The van der Waals surface area contributed by atoms with Crippen LogP contribution in [0.25, 0.3) is 0 Å². The van der Waals surface area contributed by atoms with Gasteiger partial charge in [0.05, 0.1) is 17.8 Å². The number of aromatic nitrogens is 1. The Hall–Kier alpha value is -1.00. The van der Waals surface area contributed by atoms with Crippen molar-refractivity contribution >= 4 is 0 Å². The zero-order chi connectivity index (χ0) is 12.0. The standard InChI is InChI=1S/C13H16FNO2/c1-8-11(4-5-12(14)15-8)13(16)6-9-2-3-10(7-13)17-9/h4-5,9-10,16H,2-3,6-7H2,1H3. The second-order valence-electron chi connectivity index (χ2n) is 5.16. The van der Waals surface area contributed by atoms with Gasteiger partial charge in [0.25, 0.3) is 0 Å². The summed E-state index contributed by atoms with van der Waals surface area (Å²) < 4.78 is 18.7. The maximum absolute atomic E-state index is 13.0. The molecule has 2 fully saturated rings. The lowest BCUT2D eigenvalue weighted by molar-refractivity contribution is -0.116. The molecule has 1 aromatic heterocycles. The zero-order valence-electron chi connectivity index (χ0n) is 9.82. The Morgan fingerprint density at radius 1 is 1.35 bits per heavy atom. The Bertz CT molecular complexity index is 437. The lowest BCUT2D eigenvalue weighted by atomic mass is 9.83. The summed E-state index contributed by atoms with van der Waals surface area (Å²) in [5.41, 5.74) is 0.433. The number of nitrogens with zero attached hydrogens (tertiary/aromatic N) is 1. The molecule has 0 aliphatic carbocycles. The summed E-state index contributed by atoms with van der Waals surface area (Å²) in [5.74, 6) is -0.495. The highest BCUT2D eigenvalue weighted by molar-refractivity contribution is 5.27.